The van der Waals surface area contributed by atoms with Crippen molar-refractivity contribution in [1.82, 2.24) is 5.32 Å². The van der Waals surface area contributed by atoms with Crippen molar-refractivity contribution in [2.24, 2.45) is 0 Å². The number of thiophene rings is 1. The maximum atomic E-state index is 12.4. The standard InChI is InChI=1S/C14H12Br2ClNOS/c1-14(8-17,9-5-3-2-4-6-9)18-13(19)11-7-10(15)12(16)20-11/h2-7H,8H2,1H3,(H,18,19). The molecule has 0 spiro atoms. The summed E-state index contributed by atoms with van der Waals surface area (Å²) < 4.78 is 1.77. The predicted octanol–water partition coefficient (Wildman–Crippen LogP) is 5.16. The van der Waals surface area contributed by atoms with E-state index in [0.717, 1.165) is 13.8 Å². The largest absolute Gasteiger partial charge is 0.341 e. The third-order valence-corrected chi connectivity index (χ3v) is 6.73. The topological polar surface area (TPSA) is 29.1 Å². The van der Waals surface area contributed by atoms with Gasteiger partial charge in [0.15, 0.2) is 0 Å². The van der Waals surface area contributed by atoms with E-state index >= 15 is 0 Å². The highest BCUT2D eigenvalue weighted by atomic mass is 79.9. The van der Waals surface area contributed by atoms with Crippen molar-refractivity contribution in [3.63, 3.8) is 0 Å². The Morgan fingerprint density at radius 1 is 1.35 bits per heavy atom. The lowest BCUT2D eigenvalue weighted by molar-refractivity contribution is 0.0917. The average Bonchev–Trinajstić information content (AvgIpc) is 2.79. The molecule has 6 heteroatoms. The number of benzene rings is 1. The molecule has 0 aliphatic heterocycles. The van der Waals surface area contributed by atoms with Crippen LogP contribution in [0.15, 0.2) is 44.7 Å². The maximum Gasteiger partial charge on any atom is 0.262 e. The van der Waals surface area contributed by atoms with Gasteiger partial charge >= 0.3 is 0 Å². The molecule has 1 amide bonds. The van der Waals surface area contributed by atoms with Crippen molar-refractivity contribution in [2.75, 3.05) is 5.88 Å². The molecule has 1 unspecified atom stereocenters. The number of carbonyl (C=O) groups is 1. The number of alkyl halides is 1. The summed E-state index contributed by atoms with van der Waals surface area (Å²) in [7, 11) is 0. The molecular weight excluding hydrogens is 425 g/mol. The van der Waals surface area contributed by atoms with Gasteiger partial charge in [0, 0.05) is 10.4 Å². The van der Waals surface area contributed by atoms with Crippen molar-refractivity contribution in [3.05, 3.63) is 55.1 Å². The zero-order chi connectivity index (χ0) is 14.8. The second-order valence-electron chi connectivity index (χ2n) is 4.52. The first-order valence-corrected chi connectivity index (χ1v) is 8.79. The van der Waals surface area contributed by atoms with Crippen molar-refractivity contribution in [1.29, 1.82) is 0 Å². The summed E-state index contributed by atoms with van der Waals surface area (Å²) in [6.45, 7) is 1.92. The van der Waals surface area contributed by atoms with Crippen LogP contribution in [-0.4, -0.2) is 11.8 Å². The van der Waals surface area contributed by atoms with Crippen LogP contribution >= 0.6 is 54.8 Å². The van der Waals surface area contributed by atoms with Gasteiger partial charge in [-0.25, -0.2) is 0 Å². The molecular formula is C14H12Br2ClNOS. The van der Waals surface area contributed by atoms with Crippen LogP contribution in [0.2, 0.25) is 0 Å². The van der Waals surface area contributed by atoms with Gasteiger partial charge in [-0.3, -0.25) is 4.79 Å². The molecule has 1 N–H and O–H groups in total. The van der Waals surface area contributed by atoms with Gasteiger partial charge in [-0.2, -0.15) is 0 Å². The quantitative estimate of drug-likeness (QED) is 0.658. The molecule has 0 radical (unpaired) electrons. The van der Waals surface area contributed by atoms with E-state index in [1.807, 2.05) is 37.3 Å². The van der Waals surface area contributed by atoms with Crippen LogP contribution in [0.3, 0.4) is 0 Å². The van der Waals surface area contributed by atoms with E-state index in [4.69, 9.17) is 11.6 Å². The molecule has 1 heterocycles. The van der Waals surface area contributed by atoms with E-state index in [1.165, 1.54) is 11.3 Å². The van der Waals surface area contributed by atoms with E-state index < -0.39 is 5.54 Å². The zero-order valence-electron chi connectivity index (χ0n) is 10.6. The molecule has 106 valence electrons. The third kappa shape index (κ3) is 3.45. The van der Waals surface area contributed by atoms with Crippen LogP contribution < -0.4 is 5.32 Å². The number of carbonyl (C=O) groups excluding carboxylic acids is 1. The van der Waals surface area contributed by atoms with Gasteiger partial charge in [-0.15, -0.1) is 22.9 Å². The van der Waals surface area contributed by atoms with E-state index in [2.05, 4.69) is 37.2 Å². The fraction of sp³-hybridized carbons (Fsp3) is 0.214. The fourth-order valence-corrected chi connectivity index (χ4v) is 3.91. The van der Waals surface area contributed by atoms with Gasteiger partial charge < -0.3 is 5.32 Å². The fourth-order valence-electron chi connectivity index (χ4n) is 1.76. The summed E-state index contributed by atoms with van der Waals surface area (Å²) in [4.78, 5) is 13.0. The number of rotatable bonds is 4. The molecule has 0 aliphatic rings. The second kappa shape index (κ2) is 6.60. The van der Waals surface area contributed by atoms with E-state index in [0.29, 0.717) is 10.8 Å². The minimum absolute atomic E-state index is 0.131. The minimum Gasteiger partial charge on any atom is -0.341 e. The predicted molar refractivity (Wildman–Crippen MR) is 91.7 cm³/mol. The van der Waals surface area contributed by atoms with E-state index in [1.54, 1.807) is 6.07 Å². The van der Waals surface area contributed by atoms with Gasteiger partial charge in [-0.05, 0) is 50.4 Å². The van der Waals surface area contributed by atoms with E-state index in [-0.39, 0.29) is 5.91 Å². The Labute approximate surface area is 143 Å². The maximum absolute atomic E-state index is 12.4. The van der Waals surface area contributed by atoms with Crippen molar-refractivity contribution < 1.29 is 4.79 Å². The molecule has 0 bridgehead atoms. The zero-order valence-corrected chi connectivity index (χ0v) is 15.4. The normalized spacial score (nSPS) is 13.8. The lowest BCUT2D eigenvalue weighted by atomic mass is 9.94. The Balaban J connectivity index is 2.24. The number of nitrogens with one attached hydrogen (secondary N) is 1. The molecule has 1 aromatic carbocycles. The Morgan fingerprint density at radius 2 is 2.00 bits per heavy atom. The summed E-state index contributed by atoms with van der Waals surface area (Å²) in [5.74, 6) is 0.171. The molecule has 2 nitrogen and oxygen atoms in total. The Hall–Kier alpha value is -0.360. The Bertz CT molecular complexity index is 597. The molecule has 0 aliphatic carbocycles. The molecule has 1 atom stereocenters. The van der Waals surface area contributed by atoms with Crippen molar-refractivity contribution in [2.45, 2.75) is 12.5 Å². The SMILES string of the molecule is CC(CCl)(NC(=O)c1cc(Br)c(Br)s1)c1ccccc1. The van der Waals surface area contributed by atoms with Gasteiger partial charge in [0.2, 0.25) is 0 Å². The number of amides is 1. The summed E-state index contributed by atoms with van der Waals surface area (Å²) in [5.41, 5.74) is 0.390. The molecule has 0 fully saturated rings. The highest BCUT2D eigenvalue weighted by Crippen LogP contribution is 2.33. The third-order valence-electron chi connectivity index (χ3n) is 2.94. The van der Waals surface area contributed by atoms with Crippen LogP contribution in [0.1, 0.15) is 22.2 Å². The average molecular weight is 438 g/mol. The minimum atomic E-state index is -0.594. The van der Waals surface area contributed by atoms with Crippen LogP contribution in [0.5, 0.6) is 0 Å². The lowest BCUT2D eigenvalue weighted by Crippen LogP contribution is -2.44. The van der Waals surface area contributed by atoms with Gasteiger partial charge in [0.05, 0.1) is 14.2 Å². The molecule has 0 saturated carbocycles. The summed E-state index contributed by atoms with van der Waals surface area (Å²) in [6.07, 6.45) is 0. The highest BCUT2D eigenvalue weighted by Gasteiger charge is 2.28. The first-order valence-electron chi connectivity index (χ1n) is 5.85. The van der Waals surface area contributed by atoms with Crippen molar-refractivity contribution >= 4 is 60.7 Å². The molecule has 2 aromatic rings. The number of halogens is 3. The van der Waals surface area contributed by atoms with Gasteiger partial charge in [-0.1, -0.05) is 30.3 Å². The van der Waals surface area contributed by atoms with Crippen molar-refractivity contribution in [3.8, 4) is 0 Å². The lowest BCUT2D eigenvalue weighted by Gasteiger charge is -2.29. The van der Waals surface area contributed by atoms with E-state index in [9.17, 15) is 4.79 Å². The molecule has 1 aromatic heterocycles. The first-order chi connectivity index (χ1) is 9.46. The number of hydrogen-bond donors (Lipinski definition) is 1. The van der Waals surface area contributed by atoms with Crippen LogP contribution in [0.25, 0.3) is 0 Å². The second-order valence-corrected chi connectivity index (χ2v) is 8.01. The van der Waals surface area contributed by atoms with Gasteiger partial charge in [0.25, 0.3) is 5.91 Å². The summed E-state index contributed by atoms with van der Waals surface area (Å²) >= 11 is 14.2. The Kier molecular flexibility index (Phi) is 5.29. The molecule has 20 heavy (non-hydrogen) atoms. The van der Waals surface area contributed by atoms with Crippen LogP contribution in [-0.2, 0) is 5.54 Å². The Morgan fingerprint density at radius 3 is 2.50 bits per heavy atom. The summed E-state index contributed by atoms with van der Waals surface area (Å²) in [6, 6.07) is 11.5. The van der Waals surface area contributed by atoms with Crippen LogP contribution in [0, 0.1) is 0 Å². The van der Waals surface area contributed by atoms with Gasteiger partial charge in [0.1, 0.15) is 0 Å². The first kappa shape index (κ1) is 16.0. The number of hydrogen-bond acceptors (Lipinski definition) is 2. The summed E-state index contributed by atoms with van der Waals surface area (Å²) in [5, 5.41) is 3.01. The molecule has 0 saturated heterocycles. The highest BCUT2D eigenvalue weighted by molar-refractivity contribution is 9.13. The monoisotopic (exact) mass is 435 g/mol. The molecule has 2 rings (SSSR count). The smallest absolute Gasteiger partial charge is 0.262 e. The van der Waals surface area contributed by atoms with Crippen LogP contribution in [0.4, 0.5) is 0 Å².